The third kappa shape index (κ3) is 3.78. The van der Waals surface area contributed by atoms with Gasteiger partial charge in [-0.1, -0.05) is 76.2 Å². The Bertz CT molecular complexity index is 512. The Morgan fingerprint density at radius 1 is 0.737 bits per heavy atom. The van der Waals surface area contributed by atoms with Crippen molar-refractivity contribution in [3.8, 4) is 0 Å². The molecule has 0 radical (unpaired) electrons. The minimum atomic E-state index is 0.959. The van der Waals surface area contributed by atoms with Crippen molar-refractivity contribution < 1.29 is 0 Å². The Kier molecular flexibility index (Phi) is 6.59. The van der Waals surface area contributed by atoms with E-state index in [1.54, 1.807) is 0 Å². The maximum absolute atomic E-state index is 4.64. The van der Waals surface area contributed by atoms with Gasteiger partial charge >= 0.3 is 0 Å². The van der Waals surface area contributed by atoms with E-state index in [1.807, 2.05) is 39.8 Å². The van der Waals surface area contributed by atoms with Gasteiger partial charge in [0.25, 0.3) is 0 Å². The highest BCUT2D eigenvalue weighted by molar-refractivity contribution is 6.06. The maximum atomic E-state index is 4.64. The first-order valence-electron chi connectivity index (χ1n) is 7.14. The van der Waals surface area contributed by atoms with Gasteiger partial charge in [-0.3, -0.25) is 4.99 Å². The normalized spacial score (nSPS) is 11.3. The summed E-state index contributed by atoms with van der Waals surface area (Å²) in [6.07, 6.45) is 0.959. The zero-order chi connectivity index (χ0) is 14.1. The summed E-state index contributed by atoms with van der Waals surface area (Å²) in [7, 11) is 0. The molecule has 2 aromatic carbocycles. The van der Waals surface area contributed by atoms with Crippen LogP contribution in [0.4, 0.5) is 5.69 Å². The molecule has 1 aliphatic heterocycles. The molecular formula is C18H23N. The summed E-state index contributed by atoms with van der Waals surface area (Å²) in [6, 6.07) is 18.7. The van der Waals surface area contributed by atoms with E-state index in [0.717, 1.165) is 12.1 Å². The Morgan fingerprint density at radius 3 is 1.95 bits per heavy atom. The molecule has 0 aliphatic carbocycles. The van der Waals surface area contributed by atoms with Crippen LogP contribution in [0.2, 0.25) is 0 Å². The largest absolute Gasteiger partial charge is 0.252 e. The lowest BCUT2D eigenvalue weighted by Gasteiger charge is -1.98. The predicted octanol–water partition coefficient (Wildman–Crippen LogP) is 5.42. The van der Waals surface area contributed by atoms with Crippen molar-refractivity contribution in [1.82, 2.24) is 0 Å². The average Bonchev–Trinajstić information content (AvgIpc) is 2.96. The van der Waals surface area contributed by atoms with Crippen LogP contribution in [0.5, 0.6) is 0 Å². The quantitative estimate of drug-likeness (QED) is 0.644. The van der Waals surface area contributed by atoms with Gasteiger partial charge in [-0.05, 0) is 17.2 Å². The van der Waals surface area contributed by atoms with Crippen LogP contribution in [0, 0.1) is 0 Å². The van der Waals surface area contributed by atoms with Gasteiger partial charge < -0.3 is 0 Å². The summed E-state index contributed by atoms with van der Waals surface area (Å²) in [6.45, 7) is 8.00. The number of aliphatic imine (C=N–C) groups is 1. The number of nitrogens with zero attached hydrogens (tertiary/aromatic N) is 1. The molecule has 0 atom stereocenters. The van der Waals surface area contributed by atoms with Gasteiger partial charge in [0.1, 0.15) is 0 Å². The van der Waals surface area contributed by atoms with Crippen LogP contribution < -0.4 is 0 Å². The third-order valence-corrected chi connectivity index (χ3v) is 2.71. The smallest absolute Gasteiger partial charge is 0.0669 e. The summed E-state index contributed by atoms with van der Waals surface area (Å²) in [4.78, 5) is 4.64. The molecule has 0 aromatic heterocycles. The minimum Gasteiger partial charge on any atom is -0.252 e. The molecule has 0 unspecified atom stereocenters. The monoisotopic (exact) mass is 253 g/mol. The molecule has 1 heteroatoms. The van der Waals surface area contributed by atoms with Gasteiger partial charge in [0.2, 0.25) is 0 Å². The zero-order valence-corrected chi connectivity index (χ0v) is 12.4. The van der Waals surface area contributed by atoms with Crippen molar-refractivity contribution in [2.75, 3.05) is 0 Å². The topological polar surface area (TPSA) is 12.4 Å². The number of hydrogen-bond acceptors (Lipinski definition) is 1. The first-order chi connectivity index (χ1) is 9.43. The lowest BCUT2D eigenvalue weighted by Crippen LogP contribution is -1.99. The highest BCUT2D eigenvalue weighted by Gasteiger charge is 2.14. The highest BCUT2D eigenvalue weighted by atomic mass is 14.8. The summed E-state index contributed by atoms with van der Waals surface area (Å²) in [5, 5.41) is 0. The summed E-state index contributed by atoms with van der Waals surface area (Å²) in [5.41, 5.74) is 4.86. The fraction of sp³-hybridized carbons (Fsp3) is 0.278. The van der Waals surface area contributed by atoms with Gasteiger partial charge in [-0.2, -0.15) is 0 Å². The highest BCUT2D eigenvalue weighted by Crippen LogP contribution is 2.27. The van der Waals surface area contributed by atoms with Crippen LogP contribution >= 0.6 is 0 Å². The van der Waals surface area contributed by atoms with E-state index in [2.05, 4.69) is 47.5 Å². The summed E-state index contributed by atoms with van der Waals surface area (Å²) < 4.78 is 0. The first kappa shape index (κ1) is 15.2. The molecule has 0 saturated carbocycles. The lowest BCUT2D eigenvalue weighted by molar-refractivity contribution is 1.39. The molecule has 19 heavy (non-hydrogen) atoms. The first-order valence-corrected chi connectivity index (χ1v) is 7.14. The maximum Gasteiger partial charge on any atom is 0.0669 e. The SMILES string of the molecule is CC.CC.c1ccc(C2=Nc3ccccc3C2)cc1. The average molecular weight is 253 g/mol. The summed E-state index contributed by atoms with van der Waals surface area (Å²) in [5.74, 6) is 0. The molecule has 1 aliphatic rings. The van der Waals surface area contributed by atoms with Crippen LogP contribution in [0.25, 0.3) is 0 Å². The Labute approximate surface area is 117 Å². The number of rotatable bonds is 1. The molecule has 0 saturated heterocycles. The van der Waals surface area contributed by atoms with Crippen LogP contribution in [0.1, 0.15) is 38.8 Å². The Morgan fingerprint density at radius 2 is 1.32 bits per heavy atom. The summed E-state index contributed by atoms with van der Waals surface area (Å²) >= 11 is 0. The molecule has 0 bridgehead atoms. The molecule has 0 spiro atoms. The molecule has 100 valence electrons. The number of hydrogen-bond donors (Lipinski definition) is 0. The third-order valence-electron chi connectivity index (χ3n) is 2.71. The second-order valence-electron chi connectivity index (χ2n) is 3.73. The van der Waals surface area contributed by atoms with Gasteiger partial charge in [0.15, 0.2) is 0 Å². The Balaban J connectivity index is 0.000000415. The second-order valence-corrected chi connectivity index (χ2v) is 3.73. The van der Waals surface area contributed by atoms with E-state index in [0.29, 0.717) is 0 Å². The predicted molar refractivity (Wildman–Crippen MR) is 85.5 cm³/mol. The van der Waals surface area contributed by atoms with Crippen LogP contribution in [-0.4, -0.2) is 5.71 Å². The standard InChI is InChI=1S/C14H11N.2C2H6/c1-2-6-11(7-3-1)14-10-12-8-4-5-9-13(12)15-14;2*1-2/h1-9H,10H2;2*1-2H3. The lowest BCUT2D eigenvalue weighted by atomic mass is 10.0. The van der Waals surface area contributed by atoms with E-state index in [4.69, 9.17) is 0 Å². The van der Waals surface area contributed by atoms with Crippen molar-refractivity contribution >= 4 is 11.4 Å². The molecule has 2 aromatic rings. The minimum absolute atomic E-state index is 0.959. The van der Waals surface area contributed by atoms with E-state index < -0.39 is 0 Å². The number of fused-ring (bicyclic) bond motifs is 1. The van der Waals surface area contributed by atoms with Crippen LogP contribution in [0.15, 0.2) is 59.6 Å². The van der Waals surface area contributed by atoms with Crippen LogP contribution in [0.3, 0.4) is 0 Å². The van der Waals surface area contributed by atoms with Gasteiger partial charge in [-0.25, -0.2) is 0 Å². The second kappa shape index (κ2) is 8.25. The van der Waals surface area contributed by atoms with Crippen molar-refractivity contribution in [2.45, 2.75) is 34.1 Å². The number of benzene rings is 2. The van der Waals surface area contributed by atoms with Gasteiger partial charge in [0.05, 0.1) is 11.4 Å². The molecule has 1 nitrogen and oxygen atoms in total. The van der Waals surface area contributed by atoms with E-state index in [9.17, 15) is 0 Å². The zero-order valence-electron chi connectivity index (χ0n) is 12.4. The number of para-hydroxylation sites is 1. The van der Waals surface area contributed by atoms with Crippen molar-refractivity contribution in [2.24, 2.45) is 4.99 Å². The molecular weight excluding hydrogens is 230 g/mol. The fourth-order valence-corrected chi connectivity index (χ4v) is 1.93. The molecule has 0 N–H and O–H groups in total. The van der Waals surface area contributed by atoms with Crippen molar-refractivity contribution in [3.63, 3.8) is 0 Å². The van der Waals surface area contributed by atoms with Crippen LogP contribution in [-0.2, 0) is 6.42 Å². The van der Waals surface area contributed by atoms with Crippen molar-refractivity contribution in [1.29, 1.82) is 0 Å². The van der Waals surface area contributed by atoms with Gasteiger partial charge in [0, 0.05) is 6.42 Å². The van der Waals surface area contributed by atoms with E-state index in [-0.39, 0.29) is 0 Å². The Hall–Kier alpha value is -1.89. The molecule has 3 rings (SSSR count). The molecule has 0 fully saturated rings. The van der Waals surface area contributed by atoms with E-state index in [1.165, 1.54) is 16.8 Å². The molecule has 0 amide bonds. The van der Waals surface area contributed by atoms with Gasteiger partial charge in [-0.15, -0.1) is 0 Å². The fourth-order valence-electron chi connectivity index (χ4n) is 1.93. The molecule has 1 heterocycles. The van der Waals surface area contributed by atoms with Crippen molar-refractivity contribution in [3.05, 3.63) is 65.7 Å². The van der Waals surface area contributed by atoms with E-state index >= 15 is 0 Å².